The summed E-state index contributed by atoms with van der Waals surface area (Å²) in [6.07, 6.45) is 0.978. The third-order valence-corrected chi connectivity index (χ3v) is 3.42. The SMILES string of the molecule is COc1ccccc1C(C)C(=S)OCCCN(C)C. The number of benzene rings is 1. The fourth-order valence-electron chi connectivity index (χ4n) is 1.83. The Bertz CT molecular complexity index is 407. The van der Waals surface area contributed by atoms with Gasteiger partial charge in [0.15, 0.2) is 5.05 Å². The molecule has 0 N–H and O–H groups in total. The topological polar surface area (TPSA) is 21.7 Å². The van der Waals surface area contributed by atoms with Crippen LogP contribution in [-0.2, 0) is 4.74 Å². The lowest BCUT2D eigenvalue weighted by Gasteiger charge is -2.17. The number of hydrogen-bond acceptors (Lipinski definition) is 4. The zero-order valence-corrected chi connectivity index (χ0v) is 13.0. The van der Waals surface area contributed by atoms with Gasteiger partial charge in [0.25, 0.3) is 0 Å². The van der Waals surface area contributed by atoms with Crippen LogP contribution >= 0.6 is 12.2 Å². The van der Waals surface area contributed by atoms with E-state index >= 15 is 0 Å². The van der Waals surface area contributed by atoms with Crippen LogP contribution < -0.4 is 4.74 Å². The number of ether oxygens (including phenoxy) is 2. The molecule has 0 heterocycles. The molecule has 0 aliphatic rings. The third kappa shape index (κ3) is 5.17. The first-order chi connectivity index (χ1) is 9.06. The average Bonchev–Trinajstić information content (AvgIpc) is 2.42. The predicted molar refractivity (Wildman–Crippen MR) is 83.1 cm³/mol. The van der Waals surface area contributed by atoms with E-state index in [0.29, 0.717) is 11.7 Å². The van der Waals surface area contributed by atoms with E-state index in [9.17, 15) is 0 Å². The minimum Gasteiger partial charge on any atom is -0.496 e. The van der Waals surface area contributed by atoms with Crippen molar-refractivity contribution in [2.45, 2.75) is 19.3 Å². The van der Waals surface area contributed by atoms with Gasteiger partial charge in [-0.05, 0) is 38.8 Å². The van der Waals surface area contributed by atoms with Crippen LogP contribution in [0, 0.1) is 0 Å². The van der Waals surface area contributed by atoms with E-state index in [4.69, 9.17) is 21.7 Å². The van der Waals surface area contributed by atoms with Gasteiger partial charge in [0.2, 0.25) is 0 Å². The van der Waals surface area contributed by atoms with Crippen LogP contribution in [0.25, 0.3) is 0 Å². The van der Waals surface area contributed by atoms with Crippen LogP contribution in [0.3, 0.4) is 0 Å². The minimum atomic E-state index is 0.0607. The number of nitrogens with zero attached hydrogens (tertiary/aromatic N) is 1. The Labute approximate surface area is 121 Å². The molecule has 3 nitrogen and oxygen atoms in total. The van der Waals surface area contributed by atoms with Crippen LogP contribution in [0.2, 0.25) is 0 Å². The van der Waals surface area contributed by atoms with E-state index in [2.05, 4.69) is 19.0 Å². The Morgan fingerprint density at radius 2 is 2.00 bits per heavy atom. The Morgan fingerprint density at radius 1 is 1.32 bits per heavy atom. The highest BCUT2D eigenvalue weighted by Crippen LogP contribution is 2.27. The molecule has 106 valence electrons. The second kappa shape index (κ2) is 8.12. The van der Waals surface area contributed by atoms with E-state index in [-0.39, 0.29) is 5.92 Å². The van der Waals surface area contributed by atoms with E-state index in [0.717, 1.165) is 24.3 Å². The summed E-state index contributed by atoms with van der Waals surface area (Å²) in [5.74, 6) is 0.916. The summed E-state index contributed by atoms with van der Waals surface area (Å²) < 4.78 is 11.0. The molecule has 19 heavy (non-hydrogen) atoms. The second-order valence-electron chi connectivity index (χ2n) is 4.79. The normalized spacial score (nSPS) is 12.3. The Hall–Kier alpha value is -1.13. The lowest BCUT2D eigenvalue weighted by molar-refractivity contribution is 0.268. The molecule has 0 saturated carbocycles. The van der Waals surface area contributed by atoms with Crippen LogP contribution in [-0.4, -0.2) is 44.3 Å². The fourth-order valence-corrected chi connectivity index (χ4v) is 2.04. The molecule has 1 rings (SSSR count). The van der Waals surface area contributed by atoms with Crippen LogP contribution in [0.5, 0.6) is 5.75 Å². The van der Waals surface area contributed by atoms with Crippen LogP contribution in [0.4, 0.5) is 0 Å². The van der Waals surface area contributed by atoms with Gasteiger partial charge in [0, 0.05) is 12.1 Å². The summed E-state index contributed by atoms with van der Waals surface area (Å²) in [6, 6.07) is 7.92. The van der Waals surface area contributed by atoms with Gasteiger partial charge < -0.3 is 14.4 Å². The van der Waals surface area contributed by atoms with Gasteiger partial charge in [-0.25, -0.2) is 0 Å². The van der Waals surface area contributed by atoms with E-state index in [1.807, 2.05) is 31.2 Å². The maximum atomic E-state index is 5.66. The standard InChI is InChI=1S/C15H23NO2S/c1-12(13-8-5-6-9-14(13)17-4)15(19)18-11-7-10-16(2)3/h5-6,8-9,12H,7,10-11H2,1-4H3. The molecule has 4 heteroatoms. The van der Waals surface area contributed by atoms with Crippen molar-refractivity contribution < 1.29 is 9.47 Å². The molecule has 1 unspecified atom stereocenters. The van der Waals surface area contributed by atoms with Gasteiger partial charge >= 0.3 is 0 Å². The van der Waals surface area contributed by atoms with Gasteiger partial charge in [-0.1, -0.05) is 25.1 Å². The van der Waals surface area contributed by atoms with Crippen molar-refractivity contribution in [1.82, 2.24) is 4.90 Å². The smallest absolute Gasteiger partial charge is 0.167 e. The van der Waals surface area contributed by atoms with Gasteiger partial charge in [-0.2, -0.15) is 0 Å². The van der Waals surface area contributed by atoms with Crippen molar-refractivity contribution in [1.29, 1.82) is 0 Å². The molecule has 1 aromatic carbocycles. The second-order valence-corrected chi connectivity index (χ2v) is 5.19. The van der Waals surface area contributed by atoms with E-state index in [1.54, 1.807) is 7.11 Å². The Kier molecular flexibility index (Phi) is 6.81. The van der Waals surface area contributed by atoms with Gasteiger partial charge in [-0.3, -0.25) is 0 Å². The summed E-state index contributed by atoms with van der Waals surface area (Å²) in [5.41, 5.74) is 1.07. The van der Waals surface area contributed by atoms with Crippen molar-refractivity contribution in [2.24, 2.45) is 0 Å². The highest BCUT2D eigenvalue weighted by molar-refractivity contribution is 7.80. The van der Waals surface area contributed by atoms with E-state index < -0.39 is 0 Å². The molecule has 0 aliphatic heterocycles. The monoisotopic (exact) mass is 281 g/mol. The highest BCUT2D eigenvalue weighted by atomic mass is 32.1. The first kappa shape index (κ1) is 15.9. The Morgan fingerprint density at radius 3 is 2.63 bits per heavy atom. The fraction of sp³-hybridized carbons (Fsp3) is 0.533. The maximum Gasteiger partial charge on any atom is 0.167 e. The molecule has 1 aromatic rings. The summed E-state index contributed by atoms with van der Waals surface area (Å²) in [7, 11) is 5.78. The lowest BCUT2D eigenvalue weighted by atomic mass is 10.0. The summed E-state index contributed by atoms with van der Waals surface area (Å²) in [4.78, 5) is 2.13. The molecule has 0 fully saturated rings. The zero-order valence-electron chi connectivity index (χ0n) is 12.2. The van der Waals surface area contributed by atoms with Crippen molar-refractivity contribution in [3.05, 3.63) is 29.8 Å². The first-order valence-corrected chi connectivity index (χ1v) is 6.91. The summed E-state index contributed by atoms with van der Waals surface area (Å²) in [5, 5.41) is 0.628. The van der Waals surface area contributed by atoms with Gasteiger partial charge in [0.05, 0.1) is 19.6 Å². The molecule has 0 bridgehead atoms. The molecule has 1 atom stereocenters. The number of para-hydroxylation sites is 1. The minimum absolute atomic E-state index is 0.0607. The quantitative estimate of drug-likeness (QED) is 0.565. The van der Waals surface area contributed by atoms with Crippen LogP contribution in [0.1, 0.15) is 24.8 Å². The molecular formula is C15H23NO2S. The summed E-state index contributed by atoms with van der Waals surface area (Å²) >= 11 is 5.35. The lowest BCUT2D eigenvalue weighted by Crippen LogP contribution is -2.17. The van der Waals surface area contributed by atoms with Crippen LogP contribution in [0.15, 0.2) is 24.3 Å². The third-order valence-electron chi connectivity index (χ3n) is 2.95. The molecule has 0 aliphatic carbocycles. The number of hydrogen-bond donors (Lipinski definition) is 0. The number of rotatable bonds is 7. The molecular weight excluding hydrogens is 258 g/mol. The van der Waals surface area contributed by atoms with Crippen molar-refractivity contribution in [2.75, 3.05) is 34.4 Å². The zero-order chi connectivity index (χ0) is 14.3. The predicted octanol–water partition coefficient (Wildman–Crippen LogP) is 3.09. The van der Waals surface area contributed by atoms with E-state index in [1.165, 1.54) is 0 Å². The van der Waals surface area contributed by atoms with Crippen molar-refractivity contribution in [3.8, 4) is 5.75 Å². The molecule has 0 amide bonds. The van der Waals surface area contributed by atoms with Gasteiger partial charge in [-0.15, -0.1) is 0 Å². The van der Waals surface area contributed by atoms with Crippen molar-refractivity contribution >= 4 is 17.3 Å². The number of thiocarbonyl (C=S) groups is 1. The average molecular weight is 281 g/mol. The van der Waals surface area contributed by atoms with Crippen molar-refractivity contribution in [3.63, 3.8) is 0 Å². The molecule has 0 aromatic heterocycles. The summed E-state index contributed by atoms with van der Waals surface area (Å²) in [6.45, 7) is 3.72. The first-order valence-electron chi connectivity index (χ1n) is 6.50. The van der Waals surface area contributed by atoms with Gasteiger partial charge in [0.1, 0.15) is 5.75 Å². The molecule has 0 radical (unpaired) electrons. The number of methoxy groups -OCH3 is 1. The molecule has 0 saturated heterocycles. The largest absolute Gasteiger partial charge is 0.496 e. The molecule has 0 spiro atoms. The Balaban J connectivity index is 2.52. The maximum absolute atomic E-state index is 5.66. The highest BCUT2D eigenvalue weighted by Gasteiger charge is 2.16.